The van der Waals surface area contributed by atoms with Crippen molar-refractivity contribution in [1.29, 1.82) is 0 Å². The van der Waals surface area contributed by atoms with E-state index in [1.807, 2.05) is 12.2 Å². The van der Waals surface area contributed by atoms with Crippen LogP contribution in [0.4, 0.5) is 0 Å². The largest absolute Gasteiger partial charge is 0.136 e. The first-order chi connectivity index (χ1) is 6.72. The van der Waals surface area contributed by atoms with E-state index in [2.05, 4.69) is 38.3 Å². The van der Waals surface area contributed by atoms with Gasteiger partial charge in [-0.3, -0.25) is 0 Å². The maximum atomic E-state index is 4.05. The topological polar surface area (TPSA) is 0 Å². The minimum Gasteiger partial charge on any atom is -0.136 e. The van der Waals surface area contributed by atoms with E-state index in [-0.39, 0.29) is 0 Å². The van der Waals surface area contributed by atoms with E-state index in [0.29, 0.717) is 0 Å². The molecule has 0 saturated heterocycles. The molecule has 1 heteroatoms. The standard InChI is InChI=1S/C13H12S/c1-4-5-11-10(3)14-13-8-9(2)6-7-12(11)13/h4-8H,1,3H2,2H3/b11-5+. The average Bonchev–Trinajstić information content (AvgIpc) is 2.43. The van der Waals surface area contributed by atoms with Gasteiger partial charge < -0.3 is 0 Å². The van der Waals surface area contributed by atoms with Gasteiger partial charge in [0.05, 0.1) is 0 Å². The Kier molecular flexibility index (Phi) is 2.26. The second-order valence-corrected chi connectivity index (χ2v) is 4.48. The van der Waals surface area contributed by atoms with Crippen LogP contribution in [0.25, 0.3) is 22.7 Å². The van der Waals surface area contributed by atoms with Crippen molar-refractivity contribution in [2.45, 2.75) is 6.92 Å². The molecular weight excluding hydrogens is 188 g/mol. The Balaban J connectivity index is 2.98. The van der Waals surface area contributed by atoms with Crippen molar-refractivity contribution in [3.8, 4) is 0 Å². The number of rotatable bonds is 1. The van der Waals surface area contributed by atoms with E-state index in [1.165, 1.54) is 20.9 Å². The van der Waals surface area contributed by atoms with Gasteiger partial charge in [-0.1, -0.05) is 37.4 Å². The number of fused-ring (bicyclic) bond motifs is 1. The summed E-state index contributed by atoms with van der Waals surface area (Å²) < 4.78 is 2.42. The van der Waals surface area contributed by atoms with Gasteiger partial charge in [0.2, 0.25) is 0 Å². The molecule has 0 atom stereocenters. The smallest absolute Gasteiger partial charge is 0.0357 e. The number of benzene rings is 1. The number of hydrogen-bond donors (Lipinski definition) is 0. The van der Waals surface area contributed by atoms with E-state index < -0.39 is 0 Å². The number of hydrogen-bond acceptors (Lipinski definition) is 1. The molecule has 70 valence electrons. The lowest BCUT2D eigenvalue weighted by Gasteiger charge is -1.91. The third-order valence-corrected chi connectivity index (χ3v) is 3.27. The fraction of sp³-hybridized carbons (Fsp3) is 0.0769. The van der Waals surface area contributed by atoms with E-state index >= 15 is 0 Å². The van der Waals surface area contributed by atoms with Crippen LogP contribution in [0.3, 0.4) is 0 Å². The van der Waals surface area contributed by atoms with Crippen molar-refractivity contribution in [2.75, 3.05) is 0 Å². The predicted molar refractivity (Wildman–Crippen MR) is 66.0 cm³/mol. The number of aryl methyl sites for hydroxylation is 1. The van der Waals surface area contributed by atoms with Crippen LogP contribution in [-0.2, 0) is 0 Å². The highest BCUT2D eigenvalue weighted by Gasteiger charge is 1.98. The van der Waals surface area contributed by atoms with E-state index in [4.69, 9.17) is 0 Å². The molecule has 0 aliphatic rings. The van der Waals surface area contributed by atoms with Crippen molar-refractivity contribution in [3.63, 3.8) is 0 Å². The van der Waals surface area contributed by atoms with Gasteiger partial charge in [0.25, 0.3) is 0 Å². The molecule has 0 saturated carbocycles. The summed E-state index contributed by atoms with van der Waals surface area (Å²) in [6.45, 7) is 9.88. The van der Waals surface area contributed by atoms with Gasteiger partial charge in [0.1, 0.15) is 0 Å². The molecule has 0 radical (unpaired) electrons. The fourth-order valence-electron chi connectivity index (χ4n) is 1.57. The lowest BCUT2D eigenvalue weighted by molar-refractivity contribution is 1.51. The highest BCUT2D eigenvalue weighted by molar-refractivity contribution is 7.17. The average molecular weight is 200 g/mol. The van der Waals surface area contributed by atoms with E-state index in [1.54, 1.807) is 11.3 Å². The Labute approximate surface area is 87.5 Å². The minimum atomic E-state index is 1.12. The number of thiophene rings is 1. The maximum absolute atomic E-state index is 4.05. The summed E-state index contributed by atoms with van der Waals surface area (Å²) in [6.07, 6.45) is 3.84. The Morgan fingerprint density at radius 1 is 1.36 bits per heavy atom. The first kappa shape index (κ1) is 9.22. The molecule has 1 heterocycles. The molecule has 14 heavy (non-hydrogen) atoms. The molecule has 2 rings (SSSR count). The highest BCUT2D eigenvalue weighted by Crippen LogP contribution is 2.14. The zero-order valence-corrected chi connectivity index (χ0v) is 9.03. The Bertz CT molecular complexity index is 587. The molecule has 1 aromatic carbocycles. The Morgan fingerprint density at radius 2 is 2.14 bits per heavy atom. The molecule has 0 amide bonds. The fourth-order valence-corrected chi connectivity index (χ4v) is 2.66. The van der Waals surface area contributed by atoms with Gasteiger partial charge in [-0.05, 0) is 23.8 Å². The van der Waals surface area contributed by atoms with Crippen molar-refractivity contribution < 1.29 is 0 Å². The minimum absolute atomic E-state index is 1.12. The molecule has 0 spiro atoms. The van der Waals surface area contributed by atoms with Crippen LogP contribution >= 0.6 is 11.3 Å². The Hall–Kier alpha value is -1.34. The Morgan fingerprint density at radius 3 is 2.86 bits per heavy atom. The van der Waals surface area contributed by atoms with Crippen LogP contribution in [0, 0.1) is 6.92 Å². The summed E-state index contributed by atoms with van der Waals surface area (Å²) in [4.78, 5) is 0. The first-order valence-corrected chi connectivity index (χ1v) is 5.35. The zero-order chi connectivity index (χ0) is 10.1. The number of allylic oxidation sites excluding steroid dienone is 1. The third kappa shape index (κ3) is 1.40. The zero-order valence-electron chi connectivity index (χ0n) is 8.21. The summed E-state index contributed by atoms with van der Waals surface area (Å²) in [5.41, 5.74) is 1.30. The van der Waals surface area contributed by atoms with E-state index in [0.717, 1.165) is 4.53 Å². The summed E-state index contributed by atoms with van der Waals surface area (Å²) in [6, 6.07) is 6.50. The second-order valence-electron chi connectivity index (χ2n) is 3.34. The second kappa shape index (κ2) is 3.43. The van der Waals surface area contributed by atoms with Crippen LogP contribution in [0.1, 0.15) is 5.56 Å². The molecule has 1 aromatic heterocycles. The molecule has 0 nitrogen and oxygen atoms in total. The normalized spacial score (nSPS) is 12.2. The lowest BCUT2D eigenvalue weighted by atomic mass is 10.1. The summed E-state index contributed by atoms with van der Waals surface area (Å²) in [5.74, 6) is 0. The molecule has 0 bridgehead atoms. The quantitative estimate of drug-likeness (QED) is 0.663. The van der Waals surface area contributed by atoms with Crippen LogP contribution in [-0.4, -0.2) is 0 Å². The highest BCUT2D eigenvalue weighted by atomic mass is 32.1. The monoisotopic (exact) mass is 200 g/mol. The first-order valence-electron chi connectivity index (χ1n) is 4.53. The van der Waals surface area contributed by atoms with Gasteiger partial charge in [0, 0.05) is 14.6 Å². The molecule has 0 N–H and O–H groups in total. The van der Waals surface area contributed by atoms with Gasteiger partial charge in [-0.2, -0.15) is 0 Å². The van der Waals surface area contributed by atoms with Crippen LogP contribution < -0.4 is 9.75 Å². The van der Waals surface area contributed by atoms with Crippen LogP contribution in [0.2, 0.25) is 0 Å². The van der Waals surface area contributed by atoms with E-state index in [9.17, 15) is 0 Å². The van der Waals surface area contributed by atoms with Gasteiger partial charge in [0.15, 0.2) is 0 Å². The molecule has 2 aromatic rings. The summed E-state index contributed by atoms with van der Waals surface area (Å²) in [5, 5.41) is 2.49. The molecular formula is C13H12S. The summed E-state index contributed by atoms with van der Waals surface area (Å²) in [7, 11) is 0. The van der Waals surface area contributed by atoms with Crippen molar-refractivity contribution in [3.05, 3.63) is 46.2 Å². The molecule has 0 fully saturated rings. The molecule has 0 unspecified atom stereocenters. The van der Waals surface area contributed by atoms with Gasteiger partial charge in [-0.15, -0.1) is 11.3 Å². The van der Waals surface area contributed by atoms with Crippen LogP contribution in [0.15, 0.2) is 30.9 Å². The SMILES string of the molecule is C=C/C=c1\c(=C)sc2cc(C)ccc12. The van der Waals surface area contributed by atoms with Gasteiger partial charge in [-0.25, -0.2) is 0 Å². The summed E-state index contributed by atoms with van der Waals surface area (Å²) >= 11 is 1.74. The van der Waals surface area contributed by atoms with Crippen molar-refractivity contribution >= 4 is 34.1 Å². The maximum Gasteiger partial charge on any atom is 0.0357 e. The van der Waals surface area contributed by atoms with Crippen molar-refractivity contribution in [1.82, 2.24) is 0 Å². The molecule has 0 aliphatic carbocycles. The van der Waals surface area contributed by atoms with Crippen LogP contribution in [0.5, 0.6) is 0 Å². The molecule has 0 aliphatic heterocycles. The van der Waals surface area contributed by atoms with Crippen molar-refractivity contribution in [2.24, 2.45) is 0 Å². The lowest BCUT2D eigenvalue weighted by Crippen LogP contribution is -2.15. The van der Waals surface area contributed by atoms with Gasteiger partial charge >= 0.3 is 0 Å². The predicted octanol–water partition coefficient (Wildman–Crippen LogP) is 2.59. The third-order valence-electron chi connectivity index (χ3n) is 2.25.